The van der Waals surface area contributed by atoms with E-state index in [1.54, 1.807) is 16.9 Å². The smallest absolute Gasteiger partial charge is 0.223 e. The Balaban J connectivity index is 1.74. The second-order valence-corrected chi connectivity index (χ2v) is 8.75. The van der Waals surface area contributed by atoms with Gasteiger partial charge < -0.3 is 14.5 Å². The molecule has 0 radical (unpaired) electrons. The third-order valence-electron chi connectivity index (χ3n) is 4.46. The van der Waals surface area contributed by atoms with E-state index in [1.807, 2.05) is 24.3 Å². The number of sulfone groups is 1. The van der Waals surface area contributed by atoms with E-state index in [1.165, 1.54) is 0 Å². The second kappa shape index (κ2) is 9.02. The second-order valence-electron chi connectivity index (χ2n) is 6.49. The number of amides is 2. The summed E-state index contributed by atoms with van der Waals surface area (Å²) in [5, 5.41) is 0. The maximum absolute atomic E-state index is 12.3. The van der Waals surface area contributed by atoms with Crippen LogP contribution < -0.4 is 4.74 Å². The number of rotatable bonds is 7. The molecule has 0 spiro atoms. The summed E-state index contributed by atoms with van der Waals surface area (Å²) in [4.78, 5) is 27.8. The van der Waals surface area contributed by atoms with Crippen LogP contribution in [0.15, 0.2) is 24.3 Å². The average molecular weight is 382 g/mol. The van der Waals surface area contributed by atoms with Crippen LogP contribution in [0.25, 0.3) is 0 Å². The molecular formula is C18H26N2O5S. The average Bonchev–Trinajstić information content (AvgIpc) is 2.64. The number of nitrogens with zero attached hydrogens (tertiary/aromatic N) is 2. The molecule has 1 fully saturated rings. The third kappa shape index (κ3) is 6.33. The topological polar surface area (TPSA) is 84.0 Å². The molecule has 1 aromatic carbocycles. The first-order chi connectivity index (χ1) is 12.3. The molecule has 0 bridgehead atoms. The fraction of sp³-hybridized carbons (Fsp3) is 0.556. The summed E-state index contributed by atoms with van der Waals surface area (Å²) >= 11 is 0. The Morgan fingerprint density at radius 1 is 0.962 bits per heavy atom. The molecule has 1 aliphatic heterocycles. The highest BCUT2D eigenvalue weighted by Crippen LogP contribution is 2.14. The van der Waals surface area contributed by atoms with Crippen LogP contribution in [-0.4, -0.2) is 75.3 Å². The van der Waals surface area contributed by atoms with Crippen molar-refractivity contribution in [3.8, 4) is 5.75 Å². The number of ether oxygens (including phenoxy) is 1. The molecule has 0 aliphatic carbocycles. The van der Waals surface area contributed by atoms with Crippen LogP contribution in [0.1, 0.15) is 18.4 Å². The first-order valence-corrected chi connectivity index (χ1v) is 10.7. The predicted molar refractivity (Wildman–Crippen MR) is 98.8 cm³/mol. The number of carbonyl (C=O) groups excluding carboxylic acids is 2. The summed E-state index contributed by atoms with van der Waals surface area (Å²) in [5.41, 5.74) is 1.08. The lowest BCUT2D eigenvalue weighted by Crippen LogP contribution is -2.50. The first-order valence-electron chi connectivity index (χ1n) is 8.65. The molecule has 0 unspecified atom stereocenters. The summed E-state index contributed by atoms with van der Waals surface area (Å²) in [6.07, 6.45) is 2.22. The van der Waals surface area contributed by atoms with Crippen LogP contribution in [0.4, 0.5) is 0 Å². The molecule has 0 aromatic heterocycles. The van der Waals surface area contributed by atoms with E-state index in [0.717, 1.165) is 17.6 Å². The number of hydrogen-bond acceptors (Lipinski definition) is 5. The van der Waals surface area contributed by atoms with E-state index in [4.69, 9.17) is 4.74 Å². The van der Waals surface area contributed by atoms with Gasteiger partial charge in [-0.25, -0.2) is 8.42 Å². The van der Waals surface area contributed by atoms with E-state index in [9.17, 15) is 18.0 Å². The third-order valence-corrected chi connectivity index (χ3v) is 5.40. The zero-order valence-electron chi connectivity index (χ0n) is 15.3. The normalized spacial score (nSPS) is 15.0. The first kappa shape index (κ1) is 20.2. The lowest BCUT2D eigenvalue weighted by Gasteiger charge is -2.35. The molecule has 8 heteroatoms. The van der Waals surface area contributed by atoms with E-state index < -0.39 is 9.84 Å². The number of hydrogen-bond donors (Lipinski definition) is 0. The molecule has 2 rings (SSSR count). The van der Waals surface area contributed by atoms with Crippen molar-refractivity contribution in [1.29, 1.82) is 0 Å². The molecule has 1 aromatic rings. The molecule has 0 atom stereocenters. The summed E-state index contributed by atoms with van der Waals surface area (Å²) in [6, 6.07) is 7.65. The summed E-state index contributed by atoms with van der Waals surface area (Å²) in [7, 11) is -1.52. The molecule has 144 valence electrons. The Morgan fingerprint density at radius 2 is 1.46 bits per heavy atom. The lowest BCUT2D eigenvalue weighted by molar-refractivity contribution is -0.139. The zero-order chi connectivity index (χ0) is 19.2. The van der Waals surface area contributed by atoms with Gasteiger partial charge in [0.1, 0.15) is 15.6 Å². The van der Waals surface area contributed by atoms with Gasteiger partial charge in [-0.05, 0) is 24.1 Å². The number of carbonyl (C=O) groups is 2. The minimum atomic E-state index is -3.14. The number of aryl methyl sites for hydroxylation is 1. The molecule has 1 aliphatic rings. The van der Waals surface area contributed by atoms with Crippen molar-refractivity contribution in [2.75, 3.05) is 45.3 Å². The standard InChI is InChI=1S/C18H26N2O5S/c1-25-16-6-3-15(4-7-16)5-8-17(21)19-10-12-20(13-11-19)18(22)9-14-26(2,23)24/h3-4,6-7H,5,8-14H2,1-2H3. The lowest BCUT2D eigenvalue weighted by atomic mass is 10.1. The van der Waals surface area contributed by atoms with Crippen molar-refractivity contribution in [2.45, 2.75) is 19.3 Å². The quantitative estimate of drug-likeness (QED) is 0.694. The van der Waals surface area contributed by atoms with Crippen LogP contribution in [-0.2, 0) is 25.8 Å². The zero-order valence-corrected chi connectivity index (χ0v) is 16.1. The Kier molecular flexibility index (Phi) is 7.02. The molecule has 0 N–H and O–H groups in total. The minimum absolute atomic E-state index is 0.00422. The van der Waals surface area contributed by atoms with Gasteiger partial charge in [0, 0.05) is 45.3 Å². The van der Waals surface area contributed by atoms with Gasteiger partial charge in [0.05, 0.1) is 12.9 Å². The van der Waals surface area contributed by atoms with Gasteiger partial charge >= 0.3 is 0 Å². The van der Waals surface area contributed by atoms with Crippen LogP contribution in [0.2, 0.25) is 0 Å². The molecule has 2 amide bonds. The number of methoxy groups -OCH3 is 1. The minimum Gasteiger partial charge on any atom is -0.497 e. The van der Waals surface area contributed by atoms with Gasteiger partial charge in [0.25, 0.3) is 0 Å². The SMILES string of the molecule is COc1ccc(CCC(=O)N2CCN(C(=O)CCS(C)(=O)=O)CC2)cc1. The summed E-state index contributed by atoms with van der Waals surface area (Å²) in [5.74, 6) is 0.564. The van der Waals surface area contributed by atoms with E-state index in [0.29, 0.717) is 39.0 Å². The van der Waals surface area contributed by atoms with E-state index >= 15 is 0 Å². The number of piperazine rings is 1. The molecular weight excluding hydrogens is 356 g/mol. The van der Waals surface area contributed by atoms with Gasteiger partial charge in [0.15, 0.2) is 0 Å². The van der Waals surface area contributed by atoms with Crippen molar-refractivity contribution < 1.29 is 22.7 Å². The molecule has 1 heterocycles. The van der Waals surface area contributed by atoms with E-state index in [2.05, 4.69) is 0 Å². The van der Waals surface area contributed by atoms with Crippen molar-refractivity contribution in [3.05, 3.63) is 29.8 Å². The monoisotopic (exact) mass is 382 g/mol. The van der Waals surface area contributed by atoms with Crippen molar-refractivity contribution in [3.63, 3.8) is 0 Å². The summed E-state index contributed by atoms with van der Waals surface area (Å²) < 4.78 is 27.4. The Hall–Kier alpha value is -2.09. The Bertz CT molecular complexity index is 722. The highest BCUT2D eigenvalue weighted by molar-refractivity contribution is 7.90. The highest BCUT2D eigenvalue weighted by atomic mass is 32.2. The van der Waals surface area contributed by atoms with Gasteiger partial charge in [-0.3, -0.25) is 9.59 Å². The maximum Gasteiger partial charge on any atom is 0.223 e. The fourth-order valence-electron chi connectivity index (χ4n) is 2.84. The molecule has 26 heavy (non-hydrogen) atoms. The Morgan fingerprint density at radius 3 is 1.92 bits per heavy atom. The van der Waals surface area contributed by atoms with Crippen LogP contribution >= 0.6 is 0 Å². The van der Waals surface area contributed by atoms with Crippen LogP contribution in [0.3, 0.4) is 0 Å². The molecule has 7 nitrogen and oxygen atoms in total. The van der Waals surface area contributed by atoms with Gasteiger partial charge in [-0.15, -0.1) is 0 Å². The van der Waals surface area contributed by atoms with Crippen molar-refractivity contribution in [1.82, 2.24) is 9.80 Å². The van der Waals surface area contributed by atoms with Gasteiger partial charge in [-0.1, -0.05) is 12.1 Å². The van der Waals surface area contributed by atoms with Crippen molar-refractivity contribution >= 4 is 21.7 Å². The maximum atomic E-state index is 12.3. The van der Waals surface area contributed by atoms with Gasteiger partial charge in [0.2, 0.25) is 11.8 Å². The van der Waals surface area contributed by atoms with Gasteiger partial charge in [-0.2, -0.15) is 0 Å². The van der Waals surface area contributed by atoms with E-state index in [-0.39, 0.29) is 24.0 Å². The highest BCUT2D eigenvalue weighted by Gasteiger charge is 2.24. The molecule has 1 saturated heterocycles. The van der Waals surface area contributed by atoms with Crippen LogP contribution in [0, 0.1) is 0 Å². The largest absolute Gasteiger partial charge is 0.497 e. The number of benzene rings is 1. The fourth-order valence-corrected chi connectivity index (χ4v) is 3.38. The predicted octanol–water partition coefficient (Wildman–Crippen LogP) is 0.733. The Labute approximate surface area is 154 Å². The summed E-state index contributed by atoms with van der Waals surface area (Å²) in [6.45, 7) is 1.89. The molecule has 0 saturated carbocycles. The van der Waals surface area contributed by atoms with Crippen LogP contribution in [0.5, 0.6) is 5.75 Å². The van der Waals surface area contributed by atoms with Crippen molar-refractivity contribution in [2.24, 2.45) is 0 Å².